The first-order valence-electron chi connectivity index (χ1n) is 8.53. The van der Waals surface area contributed by atoms with Gasteiger partial charge in [-0.15, -0.1) is 0 Å². The first kappa shape index (κ1) is 17.0. The van der Waals surface area contributed by atoms with Crippen molar-refractivity contribution < 1.29 is 9.53 Å². The summed E-state index contributed by atoms with van der Waals surface area (Å²) in [4.78, 5) is 21.3. The molecule has 1 aliphatic rings. The number of fused-ring (bicyclic) bond motifs is 1. The van der Waals surface area contributed by atoms with Crippen LogP contribution in [0.15, 0.2) is 46.9 Å². The molecule has 132 valence electrons. The highest BCUT2D eigenvalue weighted by Crippen LogP contribution is 2.40. The number of nitrogens with one attached hydrogen (secondary N) is 1. The van der Waals surface area contributed by atoms with E-state index in [1.807, 2.05) is 42.5 Å². The fourth-order valence-electron chi connectivity index (χ4n) is 2.96. The minimum atomic E-state index is -0.319. The largest absolute Gasteiger partial charge is 0.465 e. The molecule has 5 nitrogen and oxygen atoms in total. The predicted octanol–water partition coefficient (Wildman–Crippen LogP) is 4.67. The molecule has 1 aliphatic carbocycles. The van der Waals surface area contributed by atoms with Crippen molar-refractivity contribution in [1.29, 1.82) is 0 Å². The highest BCUT2D eigenvalue weighted by atomic mass is 79.9. The Bertz CT molecular complexity index is 986. The Kier molecular flexibility index (Phi) is 4.59. The van der Waals surface area contributed by atoms with E-state index < -0.39 is 0 Å². The van der Waals surface area contributed by atoms with Crippen molar-refractivity contribution in [1.82, 2.24) is 9.97 Å². The molecule has 3 aromatic rings. The Morgan fingerprint density at radius 2 is 2.04 bits per heavy atom. The summed E-state index contributed by atoms with van der Waals surface area (Å²) in [5, 5.41) is 4.40. The summed E-state index contributed by atoms with van der Waals surface area (Å²) < 4.78 is 5.83. The minimum Gasteiger partial charge on any atom is -0.465 e. The highest BCUT2D eigenvalue weighted by molar-refractivity contribution is 9.10. The Balaban J connectivity index is 1.55. The zero-order chi connectivity index (χ0) is 18.1. The van der Waals surface area contributed by atoms with Gasteiger partial charge in [-0.05, 0) is 59.1 Å². The number of methoxy groups -OCH3 is 1. The van der Waals surface area contributed by atoms with Gasteiger partial charge in [0, 0.05) is 15.8 Å². The minimum absolute atomic E-state index is 0.319. The van der Waals surface area contributed by atoms with Crippen LogP contribution in [0, 0.1) is 0 Å². The maximum absolute atomic E-state index is 11.9. The highest BCUT2D eigenvalue weighted by Gasteiger charge is 2.30. The van der Waals surface area contributed by atoms with E-state index in [2.05, 4.69) is 26.2 Å². The van der Waals surface area contributed by atoms with Crippen LogP contribution in [0.2, 0.25) is 0 Å². The molecule has 6 heteroatoms. The van der Waals surface area contributed by atoms with Gasteiger partial charge in [-0.3, -0.25) is 4.98 Å². The smallest absolute Gasteiger partial charge is 0.339 e. The summed E-state index contributed by atoms with van der Waals surface area (Å²) in [6.45, 7) is 0.546. The second-order valence-electron chi connectivity index (χ2n) is 6.36. The molecule has 2 aromatic heterocycles. The zero-order valence-electron chi connectivity index (χ0n) is 14.3. The number of hydrogen-bond donors (Lipinski definition) is 1. The molecule has 0 saturated heterocycles. The summed E-state index contributed by atoms with van der Waals surface area (Å²) in [5.74, 6) is 0.843. The molecule has 1 fully saturated rings. The summed E-state index contributed by atoms with van der Waals surface area (Å²) >= 11 is 3.54. The lowest BCUT2D eigenvalue weighted by Gasteiger charge is -2.11. The second-order valence-corrected chi connectivity index (χ2v) is 7.22. The number of benzene rings is 1. The predicted molar refractivity (Wildman–Crippen MR) is 104 cm³/mol. The molecule has 0 aliphatic heterocycles. The molecule has 1 N–H and O–H groups in total. The molecule has 1 aromatic carbocycles. The van der Waals surface area contributed by atoms with E-state index in [1.165, 1.54) is 7.11 Å². The number of rotatable bonds is 5. The maximum atomic E-state index is 11.9. The number of hydrogen-bond acceptors (Lipinski definition) is 5. The molecule has 0 spiro atoms. The monoisotopic (exact) mass is 411 g/mol. The van der Waals surface area contributed by atoms with E-state index >= 15 is 0 Å². The van der Waals surface area contributed by atoms with Gasteiger partial charge in [0.25, 0.3) is 0 Å². The molecule has 2 heterocycles. The second kappa shape index (κ2) is 7.03. The first-order chi connectivity index (χ1) is 12.7. The first-order valence-corrected chi connectivity index (χ1v) is 9.32. The molecule has 0 amide bonds. The topological polar surface area (TPSA) is 64.1 Å². The Hall–Kier alpha value is -2.47. The normalized spacial score (nSPS) is 13.6. The average Bonchev–Trinajstić information content (AvgIpc) is 3.51. The molecule has 1 saturated carbocycles. The number of pyridine rings is 2. The molecule has 0 radical (unpaired) electrons. The van der Waals surface area contributed by atoms with Gasteiger partial charge < -0.3 is 10.1 Å². The van der Waals surface area contributed by atoms with Crippen molar-refractivity contribution in [2.45, 2.75) is 25.3 Å². The number of esters is 1. The van der Waals surface area contributed by atoms with Crippen LogP contribution in [0.3, 0.4) is 0 Å². The van der Waals surface area contributed by atoms with Crippen molar-refractivity contribution in [3.63, 3.8) is 0 Å². The zero-order valence-corrected chi connectivity index (χ0v) is 15.9. The quantitative estimate of drug-likeness (QED) is 0.618. The van der Waals surface area contributed by atoms with Gasteiger partial charge in [0.2, 0.25) is 0 Å². The lowest BCUT2D eigenvalue weighted by atomic mass is 10.1. The van der Waals surface area contributed by atoms with Crippen molar-refractivity contribution in [3.05, 3.63) is 63.9 Å². The standard InChI is InChI=1S/C20H18BrN3O2/c1-26-20(25)15-9-8-14(23-18(15)13-5-6-13)11-22-17-10-7-12-3-2-4-16(21)19(12)24-17/h2-4,7-10,13H,5-6,11H2,1H3,(H,22,24). The van der Waals surface area contributed by atoms with E-state index in [0.717, 1.165) is 45.4 Å². The summed E-state index contributed by atoms with van der Waals surface area (Å²) in [6, 6.07) is 13.7. The summed E-state index contributed by atoms with van der Waals surface area (Å²) in [6.07, 6.45) is 2.16. The van der Waals surface area contributed by atoms with Gasteiger partial charge in [-0.25, -0.2) is 9.78 Å². The summed E-state index contributed by atoms with van der Waals surface area (Å²) in [7, 11) is 1.40. The van der Waals surface area contributed by atoms with Gasteiger partial charge in [-0.1, -0.05) is 12.1 Å². The van der Waals surface area contributed by atoms with Gasteiger partial charge in [0.15, 0.2) is 0 Å². The number of carbonyl (C=O) groups excluding carboxylic acids is 1. The molecular weight excluding hydrogens is 394 g/mol. The summed E-state index contributed by atoms with van der Waals surface area (Å²) in [5.41, 5.74) is 3.23. The van der Waals surface area contributed by atoms with Crippen LogP contribution >= 0.6 is 15.9 Å². The number of anilines is 1. The number of halogens is 1. The average molecular weight is 412 g/mol. The number of nitrogens with zero attached hydrogens (tertiary/aromatic N) is 2. The van der Waals surface area contributed by atoms with Crippen molar-refractivity contribution >= 4 is 38.6 Å². The third-order valence-electron chi connectivity index (χ3n) is 4.47. The van der Waals surface area contributed by atoms with E-state index in [-0.39, 0.29) is 5.97 Å². The number of carbonyl (C=O) groups is 1. The maximum Gasteiger partial charge on any atom is 0.339 e. The fourth-order valence-corrected chi connectivity index (χ4v) is 3.43. The molecule has 0 bridgehead atoms. The van der Waals surface area contributed by atoms with Crippen LogP contribution in [-0.2, 0) is 11.3 Å². The van der Waals surface area contributed by atoms with Crippen LogP contribution in [0.25, 0.3) is 10.9 Å². The Morgan fingerprint density at radius 3 is 2.81 bits per heavy atom. The fraction of sp³-hybridized carbons (Fsp3) is 0.250. The molecule has 0 atom stereocenters. The number of ether oxygens (including phenoxy) is 1. The molecular formula is C20H18BrN3O2. The molecule has 0 unspecified atom stereocenters. The van der Waals surface area contributed by atoms with Gasteiger partial charge in [0.05, 0.1) is 36.1 Å². The van der Waals surface area contributed by atoms with E-state index in [9.17, 15) is 4.79 Å². The molecule has 4 rings (SSSR count). The van der Waals surface area contributed by atoms with Gasteiger partial charge in [-0.2, -0.15) is 0 Å². The third-order valence-corrected chi connectivity index (χ3v) is 5.11. The number of aromatic nitrogens is 2. The van der Waals surface area contributed by atoms with Gasteiger partial charge in [0.1, 0.15) is 5.82 Å². The Labute approximate surface area is 159 Å². The number of para-hydroxylation sites is 1. The van der Waals surface area contributed by atoms with Crippen LogP contribution in [0.1, 0.15) is 40.5 Å². The SMILES string of the molecule is COC(=O)c1ccc(CNc2ccc3cccc(Br)c3n2)nc1C1CC1. The lowest BCUT2D eigenvalue weighted by Crippen LogP contribution is -2.10. The van der Waals surface area contributed by atoms with Crippen LogP contribution in [0.5, 0.6) is 0 Å². The van der Waals surface area contributed by atoms with Gasteiger partial charge >= 0.3 is 5.97 Å². The van der Waals surface area contributed by atoms with Crippen LogP contribution < -0.4 is 5.32 Å². The van der Waals surface area contributed by atoms with E-state index in [4.69, 9.17) is 9.72 Å². The van der Waals surface area contributed by atoms with Crippen LogP contribution in [-0.4, -0.2) is 23.0 Å². The third kappa shape index (κ3) is 3.42. The van der Waals surface area contributed by atoms with E-state index in [0.29, 0.717) is 18.0 Å². The molecule has 26 heavy (non-hydrogen) atoms. The van der Waals surface area contributed by atoms with Crippen LogP contribution in [0.4, 0.5) is 5.82 Å². The van der Waals surface area contributed by atoms with Crippen molar-refractivity contribution in [3.8, 4) is 0 Å². The van der Waals surface area contributed by atoms with E-state index in [1.54, 1.807) is 0 Å². The Morgan fingerprint density at radius 1 is 1.19 bits per heavy atom. The van der Waals surface area contributed by atoms with Crippen molar-refractivity contribution in [2.24, 2.45) is 0 Å². The van der Waals surface area contributed by atoms with Crippen molar-refractivity contribution in [2.75, 3.05) is 12.4 Å². The lowest BCUT2D eigenvalue weighted by molar-refractivity contribution is 0.0598.